The molecule has 0 aliphatic rings. The van der Waals surface area contributed by atoms with Crippen LogP contribution in [0.1, 0.15) is 51.2 Å². The second kappa shape index (κ2) is 7.42. The Bertz CT molecular complexity index is 360. The maximum atomic E-state index is 5.84. The molecule has 0 aliphatic carbocycles. The lowest BCUT2D eigenvalue weighted by molar-refractivity contribution is -0.686. The van der Waals surface area contributed by atoms with Gasteiger partial charge in [0.15, 0.2) is 0 Å². The van der Waals surface area contributed by atoms with Crippen LogP contribution in [-0.2, 0) is 0 Å². The molecule has 1 aromatic carbocycles. The fourth-order valence-corrected chi connectivity index (χ4v) is 1.89. The first-order valence-electron chi connectivity index (χ1n) is 7.10. The molecule has 0 amide bonds. The van der Waals surface area contributed by atoms with Crippen molar-refractivity contribution in [2.45, 2.75) is 53.0 Å². The molecule has 102 valence electrons. The van der Waals surface area contributed by atoms with Crippen LogP contribution >= 0.6 is 0 Å². The fraction of sp³-hybridized carbons (Fsp3) is 0.625. The van der Waals surface area contributed by atoms with Crippen molar-refractivity contribution < 1.29 is 10.1 Å². The van der Waals surface area contributed by atoms with E-state index in [-0.39, 0.29) is 0 Å². The Hall–Kier alpha value is -1.02. The maximum Gasteiger partial charge on any atom is 0.137 e. The van der Waals surface area contributed by atoms with Crippen molar-refractivity contribution in [3.63, 3.8) is 0 Å². The smallest absolute Gasteiger partial charge is 0.137 e. The second-order valence-electron chi connectivity index (χ2n) is 5.49. The summed E-state index contributed by atoms with van der Waals surface area (Å²) in [6.07, 6.45) is 1.21. The molecule has 0 spiro atoms. The molecule has 2 heteroatoms. The zero-order valence-corrected chi connectivity index (χ0v) is 12.5. The van der Waals surface area contributed by atoms with Gasteiger partial charge in [-0.2, -0.15) is 0 Å². The van der Waals surface area contributed by atoms with Gasteiger partial charge in [0, 0.05) is 0 Å². The summed E-state index contributed by atoms with van der Waals surface area (Å²) in [5.74, 6) is 1.56. The van der Waals surface area contributed by atoms with Crippen molar-refractivity contribution in [1.82, 2.24) is 0 Å². The van der Waals surface area contributed by atoms with E-state index in [0.29, 0.717) is 12.0 Å². The van der Waals surface area contributed by atoms with E-state index in [2.05, 4.69) is 58.1 Å². The zero-order valence-electron chi connectivity index (χ0n) is 12.5. The van der Waals surface area contributed by atoms with Gasteiger partial charge >= 0.3 is 0 Å². The largest absolute Gasteiger partial charge is 0.488 e. The first-order chi connectivity index (χ1) is 8.52. The number of rotatable bonds is 7. The van der Waals surface area contributed by atoms with Gasteiger partial charge in [0.05, 0.1) is 6.04 Å². The normalized spacial score (nSPS) is 12.8. The highest BCUT2D eigenvalue weighted by atomic mass is 16.5. The van der Waals surface area contributed by atoms with Gasteiger partial charge in [0.25, 0.3) is 0 Å². The van der Waals surface area contributed by atoms with Crippen LogP contribution in [0, 0.1) is 6.92 Å². The minimum atomic E-state index is 0.555. The molecule has 0 fully saturated rings. The van der Waals surface area contributed by atoms with E-state index in [1.807, 2.05) is 0 Å². The molecule has 0 saturated carbocycles. The van der Waals surface area contributed by atoms with Crippen LogP contribution in [-0.4, -0.2) is 19.2 Å². The summed E-state index contributed by atoms with van der Waals surface area (Å²) < 4.78 is 5.84. The van der Waals surface area contributed by atoms with Crippen LogP contribution in [0.25, 0.3) is 0 Å². The van der Waals surface area contributed by atoms with Crippen molar-refractivity contribution in [3.8, 4) is 5.75 Å². The highest BCUT2D eigenvalue weighted by molar-refractivity contribution is 5.35. The van der Waals surface area contributed by atoms with Crippen LogP contribution in [0.3, 0.4) is 0 Å². The number of benzene rings is 1. The third kappa shape index (κ3) is 5.09. The third-order valence-electron chi connectivity index (χ3n) is 3.34. The minimum absolute atomic E-state index is 0.555. The summed E-state index contributed by atoms with van der Waals surface area (Å²) in [7, 11) is 0. The topological polar surface area (TPSA) is 25.8 Å². The predicted octanol–water partition coefficient (Wildman–Crippen LogP) is 2.86. The Balaban J connectivity index is 2.47. The van der Waals surface area contributed by atoms with Gasteiger partial charge in [-0.15, -0.1) is 0 Å². The Morgan fingerprint density at radius 1 is 1.17 bits per heavy atom. The van der Waals surface area contributed by atoms with E-state index in [0.717, 1.165) is 18.9 Å². The third-order valence-corrected chi connectivity index (χ3v) is 3.34. The lowest BCUT2D eigenvalue weighted by atomic mass is 10.0. The number of ether oxygens (including phenoxy) is 1. The molecular weight excluding hydrogens is 222 g/mol. The fourth-order valence-electron chi connectivity index (χ4n) is 1.89. The van der Waals surface area contributed by atoms with E-state index in [4.69, 9.17) is 4.74 Å². The van der Waals surface area contributed by atoms with Gasteiger partial charge in [-0.3, -0.25) is 0 Å². The van der Waals surface area contributed by atoms with Crippen LogP contribution in [0.15, 0.2) is 18.2 Å². The number of quaternary nitrogens is 1. The first kappa shape index (κ1) is 15.0. The molecule has 0 aromatic heterocycles. The Morgan fingerprint density at radius 2 is 1.89 bits per heavy atom. The molecule has 0 heterocycles. The molecule has 1 atom stereocenters. The number of hydrogen-bond donors (Lipinski definition) is 1. The average Bonchev–Trinajstić information content (AvgIpc) is 2.33. The van der Waals surface area contributed by atoms with Crippen LogP contribution in [0.2, 0.25) is 0 Å². The molecule has 0 saturated heterocycles. The van der Waals surface area contributed by atoms with Crippen LogP contribution < -0.4 is 10.1 Å². The molecule has 0 radical (unpaired) electrons. The molecule has 0 unspecified atom stereocenters. The summed E-state index contributed by atoms with van der Waals surface area (Å²) in [4.78, 5) is 0. The number of aryl methyl sites for hydroxylation is 1. The SMILES string of the molecule is CC[C@@H](C)[NH2+]CCOc1cc(C)cc(C(C)C)c1. The summed E-state index contributed by atoms with van der Waals surface area (Å²) in [5.41, 5.74) is 2.64. The molecule has 2 N–H and O–H groups in total. The summed E-state index contributed by atoms with van der Waals surface area (Å²) in [6, 6.07) is 7.22. The Morgan fingerprint density at radius 3 is 2.50 bits per heavy atom. The van der Waals surface area contributed by atoms with Crippen molar-refractivity contribution >= 4 is 0 Å². The van der Waals surface area contributed by atoms with Gasteiger partial charge in [-0.1, -0.05) is 26.8 Å². The molecular formula is C16H28NO+. The average molecular weight is 250 g/mol. The summed E-state index contributed by atoms with van der Waals surface area (Å²) in [6.45, 7) is 12.8. The quantitative estimate of drug-likeness (QED) is 0.740. The molecule has 0 aliphatic heterocycles. The van der Waals surface area contributed by atoms with E-state index in [1.54, 1.807) is 0 Å². The monoisotopic (exact) mass is 250 g/mol. The van der Waals surface area contributed by atoms with Crippen molar-refractivity contribution in [2.75, 3.05) is 13.2 Å². The highest BCUT2D eigenvalue weighted by Crippen LogP contribution is 2.22. The Kier molecular flexibility index (Phi) is 6.20. The lowest BCUT2D eigenvalue weighted by Crippen LogP contribution is -2.90. The maximum absolute atomic E-state index is 5.84. The predicted molar refractivity (Wildman–Crippen MR) is 77.3 cm³/mol. The molecule has 18 heavy (non-hydrogen) atoms. The first-order valence-corrected chi connectivity index (χ1v) is 7.10. The van der Waals surface area contributed by atoms with Crippen molar-refractivity contribution in [1.29, 1.82) is 0 Å². The van der Waals surface area contributed by atoms with Crippen molar-refractivity contribution in [2.24, 2.45) is 0 Å². The number of hydrogen-bond acceptors (Lipinski definition) is 1. The standard InChI is InChI=1S/C16H27NO/c1-6-14(5)17-7-8-18-16-10-13(4)9-15(11-16)12(2)3/h9-12,14,17H,6-8H2,1-5H3/p+1/t14-/m1/s1. The Labute approximate surface area is 112 Å². The number of nitrogens with two attached hydrogens (primary N) is 1. The van der Waals surface area contributed by atoms with E-state index < -0.39 is 0 Å². The second-order valence-corrected chi connectivity index (χ2v) is 5.49. The zero-order chi connectivity index (χ0) is 13.5. The van der Waals surface area contributed by atoms with Crippen molar-refractivity contribution in [3.05, 3.63) is 29.3 Å². The van der Waals surface area contributed by atoms with Gasteiger partial charge in [0.1, 0.15) is 18.9 Å². The highest BCUT2D eigenvalue weighted by Gasteiger charge is 2.04. The van der Waals surface area contributed by atoms with Gasteiger partial charge < -0.3 is 10.1 Å². The van der Waals surface area contributed by atoms with E-state index in [1.165, 1.54) is 17.5 Å². The van der Waals surface area contributed by atoms with Gasteiger partial charge in [-0.05, 0) is 49.4 Å². The molecule has 2 nitrogen and oxygen atoms in total. The summed E-state index contributed by atoms with van der Waals surface area (Å²) >= 11 is 0. The van der Waals surface area contributed by atoms with Crippen LogP contribution in [0.4, 0.5) is 0 Å². The van der Waals surface area contributed by atoms with E-state index in [9.17, 15) is 0 Å². The molecule has 1 rings (SSSR count). The van der Waals surface area contributed by atoms with Gasteiger partial charge in [0.2, 0.25) is 0 Å². The summed E-state index contributed by atoms with van der Waals surface area (Å²) in [5, 5.41) is 2.35. The van der Waals surface area contributed by atoms with Gasteiger partial charge in [-0.25, -0.2) is 0 Å². The van der Waals surface area contributed by atoms with Crippen LogP contribution in [0.5, 0.6) is 5.75 Å². The molecule has 0 bridgehead atoms. The minimum Gasteiger partial charge on any atom is -0.488 e. The van der Waals surface area contributed by atoms with E-state index >= 15 is 0 Å². The molecule has 1 aromatic rings. The lowest BCUT2D eigenvalue weighted by Gasteiger charge is -2.12.